The Morgan fingerprint density at radius 2 is 2.00 bits per heavy atom. The van der Waals surface area contributed by atoms with Gasteiger partial charge in [0.2, 0.25) is 0 Å². The quantitative estimate of drug-likeness (QED) is 0.509. The Hall–Kier alpha value is -0.330. The molecule has 0 aromatic heterocycles. The highest BCUT2D eigenvalue weighted by molar-refractivity contribution is 5.90. The maximum absolute atomic E-state index is 4.14. The molecule has 0 unspecified atom stereocenters. The molecule has 0 atom stereocenters. The number of hydrogen-bond donors (Lipinski definition) is 0. The van der Waals surface area contributed by atoms with Gasteiger partial charge in [0, 0.05) is 12.8 Å². The summed E-state index contributed by atoms with van der Waals surface area (Å²) in [6.07, 6.45) is 2.52. The third-order valence-corrected chi connectivity index (χ3v) is 2.25. The van der Waals surface area contributed by atoms with Crippen LogP contribution in [0.25, 0.3) is 0 Å². The normalized spacial score (nSPS) is 26.2. The van der Waals surface area contributed by atoms with E-state index in [0.29, 0.717) is 0 Å². The molecule has 0 aliphatic heterocycles. The van der Waals surface area contributed by atoms with Gasteiger partial charge in [0.25, 0.3) is 0 Å². The lowest BCUT2D eigenvalue weighted by Gasteiger charge is -2.30. The summed E-state index contributed by atoms with van der Waals surface area (Å²) in [5.41, 5.74) is 1.41. The molecule has 9 heavy (non-hydrogen) atoms. The van der Waals surface area contributed by atoms with E-state index in [2.05, 4.69) is 18.8 Å². The maximum Gasteiger partial charge on any atom is 0.0276 e. The molecular weight excluding hydrogens is 110 g/mol. The molecule has 1 aliphatic carbocycles. The Kier molecular flexibility index (Phi) is 1.89. The van der Waals surface area contributed by atoms with Crippen LogP contribution in [0.3, 0.4) is 0 Å². The van der Waals surface area contributed by atoms with Gasteiger partial charge in [-0.25, -0.2) is 0 Å². The molecule has 0 aromatic rings. The Labute approximate surface area is 57.2 Å². The molecular formula is C8H15N. The van der Waals surface area contributed by atoms with E-state index in [4.69, 9.17) is 0 Å². The number of nitrogens with zero attached hydrogens (tertiary/aromatic N) is 1. The van der Waals surface area contributed by atoms with E-state index in [1.807, 2.05) is 7.05 Å². The molecule has 1 rings (SSSR count). The fraction of sp³-hybridized carbons (Fsp3) is 0.875. The molecule has 0 heterocycles. The molecule has 1 fully saturated rings. The van der Waals surface area contributed by atoms with Crippen molar-refractivity contribution in [3.8, 4) is 0 Å². The zero-order valence-corrected chi connectivity index (χ0v) is 6.52. The van der Waals surface area contributed by atoms with Gasteiger partial charge in [-0.3, -0.25) is 4.99 Å². The fourth-order valence-electron chi connectivity index (χ4n) is 1.20. The fourth-order valence-corrected chi connectivity index (χ4v) is 1.20. The van der Waals surface area contributed by atoms with E-state index in [0.717, 1.165) is 11.8 Å². The van der Waals surface area contributed by atoms with Gasteiger partial charge in [-0.1, -0.05) is 13.8 Å². The van der Waals surface area contributed by atoms with Crippen LogP contribution >= 0.6 is 0 Å². The van der Waals surface area contributed by atoms with Crippen LogP contribution in [0.5, 0.6) is 0 Å². The van der Waals surface area contributed by atoms with Crippen LogP contribution in [0.4, 0.5) is 0 Å². The van der Waals surface area contributed by atoms with Gasteiger partial charge in [0.1, 0.15) is 0 Å². The molecule has 0 amide bonds. The number of aliphatic imine (C=N–C) groups is 1. The lowest BCUT2D eigenvalue weighted by atomic mass is 9.76. The minimum Gasteiger partial charge on any atom is -0.297 e. The highest BCUT2D eigenvalue weighted by Crippen LogP contribution is 2.30. The van der Waals surface area contributed by atoms with E-state index < -0.39 is 0 Å². The number of rotatable bonds is 1. The Morgan fingerprint density at radius 1 is 1.44 bits per heavy atom. The summed E-state index contributed by atoms with van der Waals surface area (Å²) in [5.74, 6) is 1.79. The third-order valence-electron chi connectivity index (χ3n) is 2.25. The largest absolute Gasteiger partial charge is 0.297 e. The molecule has 0 saturated heterocycles. The van der Waals surface area contributed by atoms with Crippen LogP contribution in [0.1, 0.15) is 26.7 Å². The van der Waals surface area contributed by atoms with E-state index in [1.54, 1.807) is 0 Å². The van der Waals surface area contributed by atoms with Crippen molar-refractivity contribution in [1.82, 2.24) is 0 Å². The van der Waals surface area contributed by atoms with Crippen molar-refractivity contribution in [2.24, 2.45) is 16.8 Å². The van der Waals surface area contributed by atoms with Gasteiger partial charge in [-0.15, -0.1) is 0 Å². The summed E-state index contributed by atoms with van der Waals surface area (Å²) in [5, 5.41) is 0. The zero-order valence-electron chi connectivity index (χ0n) is 6.52. The smallest absolute Gasteiger partial charge is 0.0276 e. The van der Waals surface area contributed by atoms with Gasteiger partial charge in [-0.05, 0) is 24.7 Å². The van der Waals surface area contributed by atoms with Crippen LogP contribution in [-0.4, -0.2) is 12.8 Å². The van der Waals surface area contributed by atoms with E-state index in [-0.39, 0.29) is 0 Å². The molecule has 1 saturated carbocycles. The Bertz CT molecular complexity index is 117. The Balaban J connectivity index is 2.27. The second-order valence-corrected chi connectivity index (χ2v) is 3.20. The SMILES string of the molecule is CN=C1CC(C(C)C)C1. The van der Waals surface area contributed by atoms with Crippen molar-refractivity contribution >= 4 is 5.71 Å². The lowest BCUT2D eigenvalue weighted by molar-refractivity contribution is 0.364. The standard InChI is InChI=1S/C8H15N/c1-6(2)7-4-8(5-7)9-3/h6-7H,4-5H2,1-3H3. The summed E-state index contributed by atoms with van der Waals surface area (Å²) in [6, 6.07) is 0. The average molecular weight is 125 g/mol. The second kappa shape index (κ2) is 2.51. The monoisotopic (exact) mass is 125 g/mol. The molecule has 1 nitrogen and oxygen atoms in total. The zero-order chi connectivity index (χ0) is 6.85. The van der Waals surface area contributed by atoms with Crippen LogP contribution in [-0.2, 0) is 0 Å². The Morgan fingerprint density at radius 3 is 2.33 bits per heavy atom. The van der Waals surface area contributed by atoms with Crippen molar-refractivity contribution in [1.29, 1.82) is 0 Å². The summed E-state index contributed by atoms with van der Waals surface area (Å²) in [4.78, 5) is 4.14. The minimum atomic E-state index is 0.857. The van der Waals surface area contributed by atoms with Crippen LogP contribution in [0.15, 0.2) is 4.99 Å². The lowest BCUT2D eigenvalue weighted by Crippen LogP contribution is -2.27. The second-order valence-electron chi connectivity index (χ2n) is 3.20. The molecule has 0 spiro atoms. The molecule has 52 valence electrons. The average Bonchev–Trinajstić information content (AvgIpc) is 1.61. The van der Waals surface area contributed by atoms with E-state index in [9.17, 15) is 0 Å². The molecule has 0 bridgehead atoms. The first-order chi connectivity index (χ1) is 4.24. The molecule has 0 aromatic carbocycles. The van der Waals surface area contributed by atoms with Crippen LogP contribution in [0.2, 0.25) is 0 Å². The third kappa shape index (κ3) is 1.32. The van der Waals surface area contributed by atoms with Gasteiger partial charge in [0.15, 0.2) is 0 Å². The van der Waals surface area contributed by atoms with Gasteiger partial charge in [0.05, 0.1) is 0 Å². The van der Waals surface area contributed by atoms with Crippen LogP contribution in [0, 0.1) is 11.8 Å². The first kappa shape index (κ1) is 6.79. The highest BCUT2D eigenvalue weighted by Gasteiger charge is 2.26. The maximum atomic E-state index is 4.14. The van der Waals surface area contributed by atoms with Crippen molar-refractivity contribution < 1.29 is 0 Å². The van der Waals surface area contributed by atoms with Crippen LogP contribution < -0.4 is 0 Å². The number of hydrogen-bond acceptors (Lipinski definition) is 1. The summed E-state index contributed by atoms with van der Waals surface area (Å²) < 4.78 is 0. The van der Waals surface area contributed by atoms with Gasteiger partial charge >= 0.3 is 0 Å². The topological polar surface area (TPSA) is 12.4 Å². The first-order valence-electron chi connectivity index (χ1n) is 3.68. The van der Waals surface area contributed by atoms with E-state index in [1.165, 1.54) is 18.6 Å². The molecule has 0 N–H and O–H groups in total. The van der Waals surface area contributed by atoms with Gasteiger partial charge in [-0.2, -0.15) is 0 Å². The van der Waals surface area contributed by atoms with Crippen molar-refractivity contribution in [3.63, 3.8) is 0 Å². The van der Waals surface area contributed by atoms with Gasteiger partial charge < -0.3 is 0 Å². The van der Waals surface area contributed by atoms with Crippen molar-refractivity contribution in [2.75, 3.05) is 7.05 Å². The molecule has 1 heteroatoms. The minimum absolute atomic E-state index is 0.857. The summed E-state index contributed by atoms with van der Waals surface area (Å²) in [6.45, 7) is 4.58. The van der Waals surface area contributed by atoms with E-state index >= 15 is 0 Å². The predicted molar refractivity (Wildman–Crippen MR) is 40.9 cm³/mol. The van der Waals surface area contributed by atoms with Crippen molar-refractivity contribution in [3.05, 3.63) is 0 Å². The summed E-state index contributed by atoms with van der Waals surface area (Å²) in [7, 11) is 1.89. The predicted octanol–water partition coefficient (Wildman–Crippen LogP) is 2.12. The molecule has 0 radical (unpaired) electrons. The summed E-state index contributed by atoms with van der Waals surface area (Å²) >= 11 is 0. The highest BCUT2D eigenvalue weighted by atomic mass is 14.7. The van der Waals surface area contributed by atoms with Crippen molar-refractivity contribution in [2.45, 2.75) is 26.7 Å². The molecule has 1 aliphatic rings. The first-order valence-corrected chi connectivity index (χ1v) is 3.68.